The molecule has 0 heterocycles. The Labute approximate surface area is 187 Å². The summed E-state index contributed by atoms with van der Waals surface area (Å²) in [7, 11) is 0. The minimum Gasteiger partial charge on any atom is -0.429 e. The van der Waals surface area contributed by atoms with Crippen molar-refractivity contribution in [2.24, 2.45) is 5.92 Å². The summed E-state index contributed by atoms with van der Waals surface area (Å²) in [6.45, 7) is 2.17. The van der Waals surface area contributed by atoms with Crippen LogP contribution in [0.5, 0.6) is 5.75 Å². The standard InChI is InChI=1S/C26H20F6O/c1-15-2-4-16(5-3-15)18-8-11-21(22(27)12-18)17-6-9-19(10-7-17)26(31,32)33-20-13-23(28)25(30)24(29)14-20/h4,6-15H,2-3,5H2,1H3. The van der Waals surface area contributed by atoms with Crippen LogP contribution < -0.4 is 4.74 Å². The molecule has 172 valence electrons. The van der Waals surface area contributed by atoms with Crippen LogP contribution in [0.1, 0.15) is 37.3 Å². The van der Waals surface area contributed by atoms with Gasteiger partial charge in [0.1, 0.15) is 11.6 Å². The predicted octanol–water partition coefficient (Wildman–Crippen LogP) is 8.24. The Balaban J connectivity index is 1.54. The van der Waals surface area contributed by atoms with Gasteiger partial charge in [0, 0.05) is 17.7 Å². The second-order valence-electron chi connectivity index (χ2n) is 8.20. The molecule has 0 radical (unpaired) electrons. The molecule has 1 nitrogen and oxygen atoms in total. The molecule has 0 N–H and O–H groups in total. The first-order valence-corrected chi connectivity index (χ1v) is 10.5. The van der Waals surface area contributed by atoms with Gasteiger partial charge in [0.05, 0.1) is 5.56 Å². The highest BCUT2D eigenvalue weighted by Gasteiger charge is 2.35. The smallest absolute Gasteiger partial charge is 0.426 e. The molecule has 0 aliphatic heterocycles. The van der Waals surface area contributed by atoms with Crippen molar-refractivity contribution in [3.63, 3.8) is 0 Å². The molecular weight excluding hydrogens is 442 g/mol. The largest absolute Gasteiger partial charge is 0.429 e. The fourth-order valence-corrected chi connectivity index (χ4v) is 3.82. The molecule has 3 aromatic rings. The average Bonchev–Trinajstić information content (AvgIpc) is 2.78. The Hall–Kier alpha value is -3.22. The third kappa shape index (κ3) is 4.92. The highest BCUT2D eigenvalue weighted by Crippen LogP contribution is 2.35. The lowest BCUT2D eigenvalue weighted by atomic mass is 9.87. The lowest BCUT2D eigenvalue weighted by molar-refractivity contribution is -0.185. The van der Waals surface area contributed by atoms with E-state index in [0.717, 1.165) is 42.5 Å². The highest BCUT2D eigenvalue weighted by atomic mass is 19.3. The van der Waals surface area contributed by atoms with Crippen molar-refractivity contribution in [1.82, 2.24) is 0 Å². The molecule has 7 heteroatoms. The summed E-state index contributed by atoms with van der Waals surface area (Å²) in [5.41, 5.74) is 1.92. The monoisotopic (exact) mass is 462 g/mol. The van der Waals surface area contributed by atoms with Gasteiger partial charge in [-0.25, -0.2) is 17.6 Å². The van der Waals surface area contributed by atoms with Gasteiger partial charge < -0.3 is 4.74 Å². The topological polar surface area (TPSA) is 9.23 Å². The van der Waals surface area contributed by atoms with Crippen LogP contribution in [0.2, 0.25) is 0 Å². The molecule has 0 bridgehead atoms. The number of hydrogen-bond donors (Lipinski definition) is 0. The maximum Gasteiger partial charge on any atom is 0.426 e. The molecule has 1 atom stereocenters. The van der Waals surface area contributed by atoms with E-state index in [1.165, 1.54) is 18.2 Å². The summed E-state index contributed by atoms with van der Waals surface area (Å²) in [5, 5.41) is 0. The van der Waals surface area contributed by atoms with Crippen LogP contribution in [0.15, 0.2) is 60.7 Å². The Kier molecular flexibility index (Phi) is 6.23. The van der Waals surface area contributed by atoms with Crippen LogP contribution in [0.4, 0.5) is 26.3 Å². The summed E-state index contributed by atoms with van der Waals surface area (Å²) in [6, 6.07) is 10.2. The summed E-state index contributed by atoms with van der Waals surface area (Å²) >= 11 is 0. The van der Waals surface area contributed by atoms with Gasteiger partial charge in [-0.1, -0.05) is 37.3 Å². The molecule has 33 heavy (non-hydrogen) atoms. The predicted molar refractivity (Wildman–Crippen MR) is 114 cm³/mol. The number of rotatable bonds is 5. The molecule has 1 aliphatic rings. The van der Waals surface area contributed by atoms with E-state index < -0.39 is 40.7 Å². The second kappa shape index (κ2) is 8.96. The van der Waals surface area contributed by atoms with Gasteiger partial charge in [-0.05, 0) is 60.1 Å². The number of halogens is 6. The quantitative estimate of drug-likeness (QED) is 0.274. The van der Waals surface area contributed by atoms with Crippen LogP contribution in [-0.4, -0.2) is 0 Å². The molecule has 0 fully saturated rings. The van der Waals surface area contributed by atoms with Crippen molar-refractivity contribution in [2.75, 3.05) is 0 Å². The maximum absolute atomic E-state index is 14.8. The lowest BCUT2D eigenvalue weighted by Crippen LogP contribution is -2.22. The third-order valence-electron chi connectivity index (χ3n) is 5.75. The molecule has 0 aromatic heterocycles. The minimum absolute atomic E-state index is 0.252. The Morgan fingerprint density at radius 3 is 2.03 bits per heavy atom. The zero-order valence-electron chi connectivity index (χ0n) is 17.6. The first-order chi connectivity index (χ1) is 15.6. The normalized spacial score (nSPS) is 16.5. The van der Waals surface area contributed by atoms with Crippen LogP contribution in [-0.2, 0) is 6.11 Å². The van der Waals surface area contributed by atoms with Crippen LogP contribution >= 0.6 is 0 Å². The molecule has 0 spiro atoms. The van der Waals surface area contributed by atoms with Gasteiger partial charge in [-0.15, -0.1) is 0 Å². The van der Waals surface area contributed by atoms with Crippen LogP contribution in [0.3, 0.4) is 0 Å². The summed E-state index contributed by atoms with van der Waals surface area (Å²) in [6.07, 6.45) is 1.05. The Bertz CT molecular complexity index is 1180. The van der Waals surface area contributed by atoms with Crippen LogP contribution in [0.25, 0.3) is 16.7 Å². The molecule has 0 saturated carbocycles. The van der Waals surface area contributed by atoms with Crippen molar-refractivity contribution < 1.29 is 31.1 Å². The second-order valence-corrected chi connectivity index (χ2v) is 8.20. The molecule has 0 amide bonds. The van der Waals surface area contributed by atoms with Gasteiger partial charge in [0.15, 0.2) is 17.5 Å². The molecule has 1 aliphatic carbocycles. The van der Waals surface area contributed by atoms with Gasteiger partial charge in [0.2, 0.25) is 0 Å². The van der Waals surface area contributed by atoms with E-state index in [9.17, 15) is 26.3 Å². The van der Waals surface area contributed by atoms with E-state index in [4.69, 9.17) is 0 Å². The van der Waals surface area contributed by atoms with Gasteiger partial charge in [-0.3, -0.25) is 0 Å². The van der Waals surface area contributed by atoms with Crippen molar-refractivity contribution in [1.29, 1.82) is 0 Å². The van der Waals surface area contributed by atoms with E-state index in [2.05, 4.69) is 17.7 Å². The van der Waals surface area contributed by atoms with E-state index >= 15 is 0 Å². The summed E-state index contributed by atoms with van der Waals surface area (Å²) in [5.74, 6) is -5.80. The number of benzene rings is 3. The molecular formula is C26H20F6O. The minimum atomic E-state index is -3.96. The maximum atomic E-state index is 14.8. The zero-order valence-corrected chi connectivity index (χ0v) is 17.6. The van der Waals surface area contributed by atoms with Gasteiger partial charge >= 0.3 is 6.11 Å². The fraction of sp³-hybridized carbons (Fsp3) is 0.231. The summed E-state index contributed by atoms with van der Waals surface area (Å²) in [4.78, 5) is 0. The number of ether oxygens (including phenoxy) is 1. The fourth-order valence-electron chi connectivity index (χ4n) is 3.82. The Morgan fingerprint density at radius 2 is 1.45 bits per heavy atom. The van der Waals surface area contributed by atoms with Gasteiger partial charge in [-0.2, -0.15) is 8.78 Å². The first kappa shape index (κ1) is 23.0. The van der Waals surface area contributed by atoms with E-state index in [1.54, 1.807) is 6.07 Å². The van der Waals surface area contributed by atoms with Crippen molar-refractivity contribution >= 4 is 5.57 Å². The van der Waals surface area contributed by atoms with Crippen LogP contribution in [0, 0.1) is 29.2 Å². The number of allylic oxidation sites excluding steroid dienone is 2. The third-order valence-corrected chi connectivity index (χ3v) is 5.75. The number of hydrogen-bond acceptors (Lipinski definition) is 1. The van der Waals surface area contributed by atoms with Crippen molar-refractivity contribution in [3.05, 3.63) is 95.1 Å². The molecule has 3 aromatic carbocycles. The average molecular weight is 462 g/mol. The van der Waals surface area contributed by atoms with E-state index in [0.29, 0.717) is 23.6 Å². The summed E-state index contributed by atoms with van der Waals surface area (Å²) < 4.78 is 87.7. The molecule has 1 unspecified atom stereocenters. The lowest BCUT2D eigenvalue weighted by Gasteiger charge is -2.19. The van der Waals surface area contributed by atoms with Crippen molar-refractivity contribution in [2.45, 2.75) is 32.3 Å². The zero-order chi connectivity index (χ0) is 23.8. The number of alkyl halides is 2. The molecule has 0 saturated heterocycles. The molecule has 4 rings (SSSR count). The first-order valence-electron chi connectivity index (χ1n) is 10.5. The van der Waals surface area contributed by atoms with Crippen molar-refractivity contribution in [3.8, 4) is 16.9 Å². The van der Waals surface area contributed by atoms with E-state index in [-0.39, 0.29) is 5.56 Å². The van der Waals surface area contributed by atoms with E-state index in [1.807, 2.05) is 6.07 Å². The Morgan fingerprint density at radius 1 is 0.818 bits per heavy atom. The van der Waals surface area contributed by atoms with Gasteiger partial charge in [0.25, 0.3) is 0 Å². The SMILES string of the molecule is CC1CC=C(c2ccc(-c3ccc(C(F)(F)Oc4cc(F)c(F)c(F)c4)cc3)c(F)c2)CC1. The highest BCUT2D eigenvalue weighted by molar-refractivity contribution is 5.71.